The second kappa shape index (κ2) is 5.93. The Labute approximate surface area is 130 Å². The van der Waals surface area contributed by atoms with Gasteiger partial charge in [-0.2, -0.15) is 18.2 Å². The molecule has 3 rings (SSSR count). The van der Waals surface area contributed by atoms with Crippen LogP contribution in [0.2, 0.25) is 0 Å². The normalized spacial score (nSPS) is 20.8. The molecule has 2 atom stereocenters. The fourth-order valence-electron chi connectivity index (χ4n) is 2.63. The molecule has 0 radical (unpaired) electrons. The first-order chi connectivity index (χ1) is 10.8. The molecule has 1 aliphatic heterocycles. The molecule has 2 aromatic rings. The van der Waals surface area contributed by atoms with Gasteiger partial charge in [-0.1, -0.05) is 17.3 Å². The Hall–Kier alpha value is -1.93. The van der Waals surface area contributed by atoms with Crippen LogP contribution in [0.15, 0.2) is 28.8 Å². The maximum atomic E-state index is 12.8. The van der Waals surface area contributed by atoms with Crippen LogP contribution < -0.4 is 0 Å². The molecule has 1 aromatic heterocycles. The minimum Gasteiger partial charge on any atom is -0.392 e. The molecule has 8 heteroatoms. The maximum absolute atomic E-state index is 12.8. The van der Waals surface area contributed by atoms with Crippen LogP contribution in [-0.4, -0.2) is 39.3 Å². The number of rotatable bonds is 3. The van der Waals surface area contributed by atoms with Crippen LogP contribution >= 0.6 is 0 Å². The number of likely N-dealkylation sites (tertiary alicyclic amines) is 1. The average Bonchev–Trinajstić information content (AvgIpc) is 3.15. The van der Waals surface area contributed by atoms with Crippen molar-refractivity contribution in [2.45, 2.75) is 31.7 Å². The molecule has 1 fully saturated rings. The number of nitrogens with zero attached hydrogens (tertiary/aromatic N) is 3. The van der Waals surface area contributed by atoms with Gasteiger partial charge in [0, 0.05) is 18.7 Å². The molecular formula is C15H16F3N3O2. The lowest BCUT2D eigenvalue weighted by Crippen LogP contribution is -2.25. The van der Waals surface area contributed by atoms with E-state index in [0.29, 0.717) is 25.4 Å². The summed E-state index contributed by atoms with van der Waals surface area (Å²) in [6, 6.07) is 4.62. The van der Waals surface area contributed by atoms with E-state index in [1.54, 1.807) is 0 Å². The first-order valence-corrected chi connectivity index (χ1v) is 7.28. The van der Waals surface area contributed by atoms with Gasteiger partial charge >= 0.3 is 6.18 Å². The molecule has 5 nitrogen and oxygen atoms in total. The summed E-state index contributed by atoms with van der Waals surface area (Å²) in [5.74, 6) is 0.448. The number of aliphatic hydroxyl groups is 1. The zero-order valence-corrected chi connectivity index (χ0v) is 12.4. The number of hydrogen-bond acceptors (Lipinski definition) is 5. The summed E-state index contributed by atoms with van der Waals surface area (Å²) in [6.07, 6.45) is -4.11. The number of β-amino-alcohol motifs (C(OH)–C–C–N with tert-alkyl or cyclic N) is 1. The van der Waals surface area contributed by atoms with Crippen LogP contribution in [0.3, 0.4) is 0 Å². The Morgan fingerprint density at radius 2 is 2.17 bits per heavy atom. The summed E-state index contributed by atoms with van der Waals surface area (Å²) in [5, 5.41) is 13.3. The Bertz CT molecular complexity index is 687. The molecule has 1 N–H and O–H groups in total. The van der Waals surface area contributed by atoms with Gasteiger partial charge in [0.15, 0.2) is 0 Å². The summed E-state index contributed by atoms with van der Waals surface area (Å²) in [6.45, 7) is 3.09. The van der Waals surface area contributed by atoms with Crippen molar-refractivity contribution in [1.29, 1.82) is 0 Å². The van der Waals surface area contributed by atoms with Gasteiger partial charge in [0.05, 0.1) is 17.7 Å². The standard InChI is InChI=1S/C15H16F3N3O2/c1-9(21-6-5-12(22)8-21)14-19-13(20-23-14)10-3-2-4-11(7-10)15(16,17)18/h2-4,7,9,12,22H,5-6,8H2,1H3/t9?,12-/m0/s1. The summed E-state index contributed by atoms with van der Waals surface area (Å²) in [5.41, 5.74) is -0.499. The molecule has 0 bridgehead atoms. The molecule has 0 spiro atoms. The molecule has 1 saturated heterocycles. The van der Waals surface area contributed by atoms with E-state index in [9.17, 15) is 18.3 Å². The number of halogens is 3. The maximum Gasteiger partial charge on any atom is 0.416 e. The molecule has 124 valence electrons. The van der Waals surface area contributed by atoms with Crippen molar-refractivity contribution < 1.29 is 22.8 Å². The van der Waals surface area contributed by atoms with Crippen LogP contribution in [0.25, 0.3) is 11.4 Å². The van der Waals surface area contributed by atoms with Gasteiger partial charge in [0.1, 0.15) is 0 Å². The van der Waals surface area contributed by atoms with E-state index in [4.69, 9.17) is 4.52 Å². The fourth-order valence-corrected chi connectivity index (χ4v) is 2.63. The summed E-state index contributed by atoms with van der Waals surface area (Å²) in [4.78, 5) is 6.20. The molecule has 1 unspecified atom stereocenters. The van der Waals surface area contributed by atoms with Crippen molar-refractivity contribution in [3.63, 3.8) is 0 Å². The quantitative estimate of drug-likeness (QED) is 0.939. The highest BCUT2D eigenvalue weighted by molar-refractivity contribution is 5.55. The minimum absolute atomic E-state index is 0.123. The number of benzene rings is 1. The second-order valence-corrected chi connectivity index (χ2v) is 5.65. The van der Waals surface area contributed by atoms with Crippen LogP contribution in [0.5, 0.6) is 0 Å². The second-order valence-electron chi connectivity index (χ2n) is 5.65. The van der Waals surface area contributed by atoms with E-state index >= 15 is 0 Å². The molecule has 2 heterocycles. The van der Waals surface area contributed by atoms with Gasteiger partial charge in [-0.25, -0.2) is 0 Å². The highest BCUT2D eigenvalue weighted by Gasteiger charge is 2.31. The van der Waals surface area contributed by atoms with Gasteiger partial charge in [-0.15, -0.1) is 0 Å². The summed E-state index contributed by atoms with van der Waals surface area (Å²) in [7, 11) is 0. The van der Waals surface area contributed by atoms with Crippen molar-refractivity contribution in [2.24, 2.45) is 0 Å². The molecule has 0 aliphatic carbocycles. The smallest absolute Gasteiger partial charge is 0.392 e. The van der Waals surface area contributed by atoms with Gasteiger partial charge in [0.2, 0.25) is 11.7 Å². The van der Waals surface area contributed by atoms with Crippen molar-refractivity contribution in [3.8, 4) is 11.4 Å². The van der Waals surface area contributed by atoms with E-state index in [1.165, 1.54) is 12.1 Å². The van der Waals surface area contributed by atoms with Gasteiger partial charge in [0.25, 0.3) is 0 Å². The fraction of sp³-hybridized carbons (Fsp3) is 0.467. The van der Waals surface area contributed by atoms with Crippen LogP contribution in [0.4, 0.5) is 13.2 Å². The minimum atomic E-state index is -4.42. The summed E-state index contributed by atoms with van der Waals surface area (Å²) < 4.78 is 43.5. The first kappa shape index (κ1) is 15.9. The third kappa shape index (κ3) is 3.37. The third-order valence-corrected chi connectivity index (χ3v) is 3.99. The van der Waals surface area contributed by atoms with E-state index in [0.717, 1.165) is 12.1 Å². The van der Waals surface area contributed by atoms with Crippen LogP contribution in [0, 0.1) is 0 Å². The van der Waals surface area contributed by atoms with Gasteiger partial charge in [-0.3, -0.25) is 4.90 Å². The first-order valence-electron chi connectivity index (χ1n) is 7.28. The molecular weight excluding hydrogens is 311 g/mol. The number of hydrogen-bond donors (Lipinski definition) is 1. The lowest BCUT2D eigenvalue weighted by molar-refractivity contribution is -0.137. The zero-order valence-electron chi connectivity index (χ0n) is 12.4. The van der Waals surface area contributed by atoms with Crippen LogP contribution in [0.1, 0.15) is 30.8 Å². The lowest BCUT2D eigenvalue weighted by atomic mass is 10.1. The largest absolute Gasteiger partial charge is 0.416 e. The molecule has 1 aromatic carbocycles. The Morgan fingerprint density at radius 1 is 1.39 bits per heavy atom. The monoisotopic (exact) mass is 327 g/mol. The van der Waals surface area contributed by atoms with E-state index in [-0.39, 0.29) is 23.5 Å². The highest BCUT2D eigenvalue weighted by atomic mass is 19.4. The van der Waals surface area contributed by atoms with Crippen molar-refractivity contribution in [1.82, 2.24) is 15.0 Å². The molecule has 0 amide bonds. The van der Waals surface area contributed by atoms with Crippen molar-refractivity contribution in [3.05, 3.63) is 35.7 Å². The third-order valence-electron chi connectivity index (χ3n) is 3.99. The summed E-state index contributed by atoms with van der Waals surface area (Å²) >= 11 is 0. The van der Waals surface area contributed by atoms with Gasteiger partial charge < -0.3 is 9.63 Å². The Morgan fingerprint density at radius 3 is 2.83 bits per heavy atom. The topological polar surface area (TPSA) is 62.4 Å². The molecule has 1 aliphatic rings. The SMILES string of the molecule is CC(c1nc(-c2cccc(C(F)(F)F)c2)no1)N1CC[C@H](O)C1. The Balaban J connectivity index is 1.82. The molecule has 0 saturated carbocycles. The van der Waals surface area contributed by atoms with E-state index in [2.05, 4.69) is 10.1 Å². The predicted octanol–water partition coefficient (Wildman–Crippen LogP) is 2.88. The lowest BCUT2D eigenvalue weighted by Gasteiger charge is -2.19. The Kier molecular flexibility index (Phi) is 4.11. The number of aromatic nitrogens is 2. The van der Waals surface area contributed by atoms with Crippen molar-refractivity contribution >= 4 is 0 Å². The highest BCUT2D eigenvalue weighted by Crippen LogP contribution is 2.32. The van der Waals surface area contributed by atoms with Crippen molar-refractivity contribution in [2.75, 3.05) is 13.1 Å². The number of alkyl halides is 3. The van der Waals surface area contributed by atoms with Gasteiger partial charge in [-0.05, 0) is 25.5 Å². The number of aliphatic hydroxyl groups excluding tert-OH is 1. The predicted molar refractivity (Wildman–Crippen MR) is 75.3 cm³/mol. The average molecular weight is 327 g/mol. The zero-order chi connectivity index (χ0) is 16.6. The van der Waals surface area contributed by atoms with Crippen LogP contribution in [-0.2, 0) is 6.18 Å². The van der Waals surface area contributed by atoms with E-state index in [1.807, 2.05) is 11.8 Å². The molecule has 23 heavy (non-hydrogen) atoms. The van der Waals surface area contributed by atoms with E-state index < -0.39 is 11.7 Å².